The van der Waals surface area contributed by atoms with Crippen molar-refractivity contribution in [3.8, 4) is 0 Å². The third-order valence-electron chi connectivity index (χ3n) is 4.30. The summed E-state index contributed by atoms with van der Waals surface area (Å²) >= 11 is 0. The van der Waals surface area contributed by atoms with Gasteiger partial charge in [-0.2, -0.15) is 20.1 Å². The molecule has 1 fully saturated rings. The largest absolute Gasteiger partial charge is 0.368 e. The zero-order chi connectivity index (χ0) is 19.0. The van der Waals surface area contributed by atoms with Crippen LogP contribution in [0.2, 0.25) is 0 Å². The van der Waals surface area contributed by atoms with E-state index in [1.807, 2.05) is 6.07 Å². The van der Waals surface area contributed by atoms with E-state index >= 15 is 0 Å². The number of rotatable bonds is 6. The summed E-state index contributed by atoms with van der Waals surface area (Å²) in [5.74, 6) is -0.218. The Hall–Kier alpha value is -3.30. The van der Waals surface area contributed by atoms with Gasteiger partial charge >= 0.3 is 0 Å². The minimum Gasteiger partial charge on any atom is -0.368 e. The normalized spacial score (nSPS) is 14.8. The fourth-order valence-electron chi connectivity index (χ4n) is 2.69. The average Bonchev–Trinajstić information content (AvgIpc) is 3.36. The van der Waals surface area contributed by atoms with Crippen LogP contribution in [-0.4, -0.2) is 25.1 Å². The Morgan fingerprint density at radius 2 is 1.89 bits per heavy atom. The molecule has 5 N–H and O–H groups in total. The van der Waals surface area contributed by atoms with Crippen molar-refractivity contribution in [2.75, 3.05) is 16.4 Å². The summed E-state index contributed by atoms with van der Waals surface area (Å²) in [6.45, 7) is 1.77. The molecule has 0 saturated heterocycles. The van der Waals surface area contributed by atoms with E-state index in [9.17, 15) is 8.78 Å². The van der Waals surface area contributed by atoms with E-state index in [0.29, 0.717) is 17.3 Å². The number of H-pyrrole nitrogens is 1. The highest BCUT2D eigenvalue weighted by Gasteiger charge is 2.25. The predicted octanol–water partition coefficient (Wildman–Crippen LogP) is 3.25. The topological polar surface area (TPSA) is 117 Å². The predicted molar refractivity (Wildman–Crippen MR) is 96.5 cm³/mol. The Morgan fingerprint density at radius 1 is 1.11 bits per heavy atom. The van der Waals surface area contributed by atoms with Crippen LogP contribution in [0.3, 0.4) is 0 Å². The van der Waals surface area contributed by atoms with Crippen LogP contribution in [0.4, 0.5) is 32.4 Å². The van der Waals surface area contributed by atoms with Crippen molar-refractivity contribution in [1.82, 2.24) is 25.1 Å². The first-order valence-electron chi connectivity index (χ1n) is 8.53. The number of anilines is 4. The van der Waals surface area contributed by atoms with Crippen LogP contribution in [0.25, 0.3) is 0 Å². The van der Waals surface area contributed by atoms with Gasteiger partial charge in [-0.1, -0.05) is 6.07 Å². The van der Waals surface area contributed by atoms with Gasteiger partial charge in [-0.15, -0.1) is 0 Å². The molecular weight excluding hydrogens is 354 g/mol. The smallest absolute Gasteiger partial charge is 0.235 e. The van der Waals surface area contributed by atoms with Crippen LogP contribution < -0.4 is 16.4 Å². The Morgan fingerprint density at radius 3 is 2.63 bits per heavy atom. The van der Waals surface area contributed by atoms with Gasteiger partial charge in [0.05, 0.1) is 6.04 Å². The summed E-state index contributed by atoms with van der Waals surface area (Å²) in [5, 5.41) is 13.2. The molecule has 4 rings (SSSR count). The maximum Gasteiger partial charge on any atom is 0.235 e. The van der Waals surface area contributed by atoms with Crippen LogP contribution in [0.15, 0.2) is 24.3 Å². The lowest BCUT2D eigenvalue weighted by atomic mass is 10.1. The van der Waals surface area contributed by atoms with E-state index in [-0.39, 0.29) is 23.9 Å². The summed E-state index contributed by atoms with van der Waals surface area (Å²) < 4.78 is 26.5. The Labute approximate surface area is 153 Å². The highest BCUT2D eigenvalue weighted by atomic mass is 19.2. The Balaban J connectivity index is 1.49. The molecule has 0 aliphatic heterocycles. The van der Waals surface area contributed by atoms with Gasteiger partial charge in [-0.05, 0) is 37.5 Å². The van der Waals surface area contributed by atoms with Crippen LogP contribution in [-0.2, 0) is 0 Å². The molecule has 3 aromatic rings. The second kappa shape index (κ2) is 6.78. The Kier molecular flexibility index (Phi) is 4.30. The molecule has 27 heavy (non-hydrogen) atoms. The number of nitrogen functional groups attached to an aromatic ring is 1. The molecule has 0 radical (unpaired) electrons. The molecule has 0 amide bonds. The minimum absolute atomic E-state index is 0.0189. The molecule has 1 aromatic carbocycles. The van der Waals surface area contributed by atoms with Crippen molar-refractivity contribution in [2.24, 2.45) is 0 Å². The number of benzene rings is 1. The first-order chi connectivity index (χ1) is 13.0. The van der Waals surface area contributed by atoms with Gasteiger partial charge in [-0.25, -0.2) is 8.78 Å². The van der Waals surface area contributed by atoms with E-state index in [1.54, 1.807) is 6.92 Å². The van der Waals surface area contributed by atoms with Crippen molar-refractivity contribution in [3.63, 3.8) is 0 Å². The van der Waals surface area contributed by atoms with E-state index in [1.165, 1.54) is 6.07 Å². The minimum atomic E-state index is -0.913. The van der Waals surface area contributed by atoms with E-state index < -0.39 is 11.6 Å². The fourth-order valence-corrected chi connectivity index (χ4v) is 2.69. The van der Waals surface area contributed by atoms with Gasteiger partial charge in [0.25, 0.3) is 0 Å². The maximum absolute atomic E-state index is 13.4. The number of hydrogen-bond acceptors (Lipinski definition) is 7. The standard InChI is InChI=1S/C17H18F2N8/c1-8(10-4-5-11(18)12(19)6-10)21-16-23-15(20)24-17(25-16)22-14-7-13(26-27-14)9-2-3-9/h4-9H,2-3H2,1H3,(H5,20,21,22,23,24,25,26,27). The average molecular weight is 372 g/mol. The summed E-state index contributed by atoms with van der Waals surface area (Å²) in [5.41, 5.74) is 7.37. The van der Waals surface area contributed by atoms with Gasteiger partial charge in [0.1, 0.15) is 0 Å². The van der Waals surface area contributed by atoms with Gasteiger partial charge in [0.15, 0.2) is 17.5 Å². The number of nitrogens with two attached hydrogens (primary N) is 1. The first kappa shape index (κ1) is 17.1. The lowest BCUT2D eigenvalue weighted by Gasteiger charge is -2.15. The molecule has 8 nitrogen and oxygen atoms in total. The van der Waals surface area contributed by atoms with Crippen LogP contribution in [0.1, 0.15) is 43.0 Å². The van der Waals surface area contributed by atoms with Gasteiger partial charge < -0.3 is 16.4 Å². The third-order valence-corrected chi connectivity index (χ3v) is 4.30. The van der Waals surface area contributed by atoms with Crippen molar-refractivity contribution < 1.29 is 8.78 Å². The highest BCUT2D eigenvalue weighted by Crippen LogP contribution is 2.39. The molecule has 1 unspecified atom stereocenters. The van der Waals surface area contributed by atoms with Gasteiger partial charge in [0.2, 0.25) is 17.8 Å². The van der Waals surface area contributed by atoms with E-state index in [0.717, 1.165) is 30.7 Å². The molecule has 0 bridgehead atoms. The molecule has 2 heterocycles. The molecule has 1 saturated carbocycles. The molecule has 140 valence electrons. The third kappa shape index (κ3) is 3.94. The molecule has 0 spiro atoms. The van der Waals surface area contributed by atoms with Crippen molar-refractivity contribution in [1.29, 1.82) is 0 Å². The second-order valence-corrected chi connectivity index (χ2v) is 6.49. The second-order valence-electron chi connectivity index (χ2n) is 6.49. The Bertz CT molecular complexity index is 969. The zero-order valence-electron chi connectivity index (χ0n) is 14.5. The van der Waals surface area contributed by atoms with Crippen molar-refractivity contribution in [3.05, 3.63) is 47.2 Å². The quantitative estimate of drug-likeness (QED) is 0.525. The lowest BCUT2D eigenvalue weighted by Crippen LogP contribution is -2.13. The van der Waals surface area contributed by atoms with Crippen LogP contribution in [0, 0.1) is 11.6 Å². The lowest BCUT2D eigenvalue weighted by molar-refractivity contribution is 0.506. The van der Waals surface area contributed by atoms with Crippen LogP contribution in [0.5, 0.6) is 0 Å². The summed E-state index contributed by atoms with van der Waals surface area (Å²) in [6, 6.07) is 5.23. The molecular formula is C17H18F2N8. The number of aromatic amines is 1. The maximum atomic E-state index is 13.4. The molecule has 1 atom stereocenters. The van der Waals surface area contributed by atoms with Crippen molar-refractivity contribution in [2.45, 2.75) is 31.7 Å². The van der Waals surface area contributed by atoms with E-state index in [2.05, 4.69) is 35.8 Å². The van der Waals surface area contributed by atoms with Crippen LogP contribution >= 0.6 is 0 Å². The number of aromatic nitrogens is 5. The van der Waals surface area contributed by atoms with Gasteiger partial charge in [0, 0.05) is 17.7 Å². The van der Waals surface area contributed by atoms with E-state index in [4.69, 9.17) is 5.73 Å². The summed E-state index contributed by atoms with van der Waals surface area (Å²) in [4.78, 5) is 12.3. The monoisotopic (exact) mass is 372 g/mol. The highest BCUT2D eigenvalue weighted by molar-refractivity contribution is 5.52. The number of halogens is 2. The summed E-state index contributed by atoms with van der Waals surface area (Å²) in [7, 11) is 0. The number of nitrogens with zero attached hydrogens (tertiary/aromatic N) is 4. The molecule has 2 aromatic heterocycles. The SMILES string of the molecule is CC(Nc1nc(N)nc(Nc2cc(C3CC3)[nH]n2)n1)c1ccc(F)c(F)c1. The number of hydrogen-bond donors (Lipinski definition) is 4. The van der Waals surface area contributed by atoms with Crippen molar-refractivity contribution >= 4 is 23.7 Å². The molecule has 1 aliphatic carbocycles. The zero-order valence-corrected chi connectivity index (χ0v) is 14.5. The summed E-state index contributed by atoms with van der Waals surface area (Å²) in [6.07, 6.45) is 2.33. The first-order valence-corrected chi connectivity index (χ1v) is 8.53. The number of nitrogens with one attached hydrogen (secondary N) is 3. The fraction of sp³-hybridized carbons (Fsp3) is 0.294. The van der Waals surface area contributed by atoms with Gasteiger partial charge in [-0.3, -0.25) is 5.10 Å². The molecule has 1 aliphatic rings. The molecule has 10 heteroatoms.